The number of ether oxygens (including phenoxy) is 2. The van der Waals surface area contributed by atoms with Crippen LogP contribution in [-0.2, 0) is 19.1 Å². The van der Waals surface area contributed by atoms with Crippen LogP contribution in [0.4, 0.5) is 0 Å². The molecule has 0 atom stereocenters. The van der Waals surface area contributed by atoms with Crippen molar-refractivity contribution in [2.75, 3.05) is 26.9 Å². The molecule has 0 aromatic rings. The Hall–Kier alpha value is -3.48. The molecule has 0 aromatic carbocycles. The third-order valence-corrected chi connectivity index (χ3v) is 4.05. The molecule has 32 heavy (non-hydrogen) atoms. The molecule has 1 fully saturated rings. The predicted molar refractivity (Wildman–Crippen MR) is 130 cm³/mol. The van der Waals surface area contributed by atoms with Crippen LogP contribution >= 0.6 is 0 Å². The molecule has 0 bridgehead atoms. The minimum atomic E-state index is -0.161. The quantitative estimate of drug-likeness (QED) is 0.467. The summed E-state index contributed by atoms with van der Waals surface area (Å²) in [7, 11) is 1.57. The van der Waals surface area contributed by atoms with Gasteiger partial charge in [-0.1, -0.05) is 30.9 Å². The highest BCUT2D eigenvalue weighted by Gasteiger charge is 2.13. The molecule has 0 spiro atoms. The fraction of sp³-hybridized carbons (Fsp3) is 0.360. The van der Waals surface area contributed by atoms with Crippen molar-refractivity contribution in [3.63, 3.8) is 0 Å². The summed E-state index contributed by atoms with van der Waals surface area (Å²) < 4.78 is 9.83. The molecule has 7 heteroatoms. The minimum Gasteiger partial charge on any atom is -0.454 e. The summed E-state index contributed by atoms with van der Waals surface area (Å²) in [4.78, 5) is 25.4. The highest BCUT2D eigenvalue weighted by molar-refractivity contribution is 5.79. The summed E-state index contributed by atoms with van der Waals surface area (Å²) in [6, 6.07) is 0. The second-order valence-corrected chi connectivity index (χ2v) is 7.02. The van der Waals surface area contributed by atoms with Crippen molar-refractivity contribution in [1.29, 1.82) is 0 Å². The fourth-order valence-electron chi connectivity index (χ4n) is 2.55. The smallest absolute Gasteiger partial charge is 0.239 e. The third kappa shape index (κ3) is 11.1. The van der Waals surface area contributed by atoms with E-state index >= 15 is 0 Å². The Morgan fingerprint density at radius 3 is 2.34 bits per heavy atom. The third-order valence-electron chi connectivity index (χ3n) is 4.05. The van der Waals surface area contributed by atoms with Crippen molar-refractivity contribution in [2.45, 2.75) is 34.1 Å². The summed E-state index contributed by atoms with van der Waals surface area (Å²) in [6.45, 7) is 19.7. The molecule has 0 aliphatic carbocycles. The van der Waals surface area contributed by atoms with E-state index in [0.29, 0.717) is 31.9 Å². The van der Waals surface area contributed by atoms with Crippen LogP contribution in [0.25, 0.3) is 0 Å². The van der Waals surface area contributed by atoms with Gasteiger partial charge in [0, 0.05) is 37.6 Å². The first-order valence-electron chi connectivity index (χ1n) is 10.3. The Bertz CT molecular complexity index is 787. The van der Waals surface area contributed by atoms with Gasteiger partial charge in [0.2, 0.25) is 19.1 Å². The summed E-state index contributed by atoms with van der Waals surface area (Å²) in [6.07, 6.45) is 12.7. The Morgan fingerprint density at radius 2 is 1.91 bits per heavy atom. The van der Waals surface area contributed by atoms with Crippen LogP contribution in [0.15, 0.2) is 84.8 Å². The van der Waals surface area contributed by atoms with Gasteiger partial charge in [0.15, 0.2) is 11.5 Å². The van der Waals surface area contributed by atoms with E-state index in [-0.39, 0.29) is 12.5 Å². The number of amides is 2. The van der Waals surface area contributed by atoms with Gasteiger partial charge in [0.1, 0.15) is 0 Å². The zero-order chi connectivity index (χ0) is 24.5. The Kier molecular flexibility index (Phi) is 14.5. The van der Waals surface area contributed by atoms with Crippen LogP contribution in [-0.4, -0.2) is 49.0 Å². The summed E-state index contributed by atoms with van der Waals surface area (Å²) in [5.74, 6) is 1.23. The molecule has 2 amide bonds. The van der Waals surface area contributed by atoms with Gasteiger partial charge < -0.3 is 24.6 Å². The fourth-order valence-corrected chi connectivity index (χ4v) is 2.55. The van der Waals surface area contributed by atoms with E-state index in [0.717, 1.165) is 17.2 Å². The molecule has 0 aromatic heterocycles. The van der Waals surface area contributed by atoms with Gasteiger partial charge >= 0.3 is 0 Å². The number of hydrogen-bond acceptors (Lipinski definition) is 5. The lowest BCUT2D eigenvalue weighted by Gasteiger charge is -2.27. The van der Waals surface area contributed by atoms with Crippen LogP contribution < -0.4 is 5.32 Å². The van der Waals surface area contributed by atoms with E-state index in [1.807, 2.05) is 63.1 Å². The first kappa shape index (κ1) is 28.5. The summed E-state index contributed by atoms with van der Waals surface area (Å²) >= 11 is 0. The molecule has 0 unspecified atom stereocenters. The molecule has 1 saturated heterocycles. The Labute approximate surface area is 192 Å². The molecular formula is C25H37N3O4. The zero-order valence-corrected chi connectivity index (χ0v) is 20.0. The van der Waals surface area contributed by atoms with E-state index in [9.17, 15) is 9.59 Å². The lowest BCUT2D eigenvalue weighted by atomic mass is 10.1. The van der Waals surface area contributed by atoms with Crippen molar-refractivity contribution >= 4 is 12.3 Å². The molecule has 2 aliphatic rings. The molecule has 0 saturated carbocycles. The Balaban J connectivity index is 0.000000717. The minimum absolute atomic E-state index is 0.0761. The molecule has 2 heterocycles. The van der Waals surface area contributed by atoms with Gasteiger partial charge in [0.25, 0.3) is 0 Å². The monoisotopic (exact) mass is 443 g/mol. The van der Waals surface area contributed by atoms with E-state index in [1.165, 1.54) is 10.5 Å². The Morgan fingerprint density at radius 1 is 1.25 bits per heavy atom. The van der Waals surface area contributed by atoms with Crippen molar-refractivity contribution in [1.82, 2.24) is 15.1 Å². The van der Waals surface area contributed by atoms with Crippen molar-refractivity contribution in [3.05, 3.63) is 84.8 Å². The zero-order valence-electron chi connectivity index (χ0n) is 20.0. The van der Waals surface area contributed by atoms with Crippen molar-refractivity contribution < 1.29 is 19.1 Å². The molecule has 176 valence electrons. The van der Waals surface area contributed by atoms with Crippen LogP contribution in [0.3, 0.4) is 0 Å². The summed E-state index contributed by atoms with van der Waals surface area (Å²) in [5, 5.41) is 2.82. The van der Waals surface area contributed by atoms with Crippen LogP contribution in [0.1, 0.15) is 34.1 Å². The molecule has 2 aliphatic heterocycles. The first-order valence-corrected chi connectivity index (χ1v) is 10.3. The highest BCUT2D eigenvalue weighted by Crippen LogP contribution is 2.22. The number of carbonyl (C=O) groups is 2. The maximum Gasteiger partial charge on any atom is 0.239 e. The second kappa shape index (κ2) is 16.2. The first-order chi connectivity index (χ1) is 15.2. The summed E-state index contributed by atoms with van der Waals surface area (Å²) in [5.41, 5.74) is 3.20. The number of allylic oxidation sites excluding steroid dienone is 6. The van der Waals surface area contributed by atoms with Crippen LogP contribution in [0.5, 0.6) is 0 Å². The number of hydrogen-bond donors (Lipinski definition) is 1. The maximum atomic E-state index is 11.6. The number of nitrogens with one attached hydrogen (secondary N) is 1. The van der Waals surface area contributed by atoms with Gasteiger partial charge in [-0.2, -0.15) is 0 Å². The molecule has 2 rings (SSSR count). The number of rotatable bonds is 7. The normalized spacial score (nSPS) is 14.8. The van der Waals surface area contributed by atoms with E-state index in [4.69, 9.17) is 9.47 Å². The standard InChI is InChI=1S/C16H23N3O2.C6H8O2.C3H6/c1-13(2)15(19-10-6-5-7-14(19)3)8-9-17-16(21)11-18(4)12-20;1-3-6-5(2)7-4-8-6;1-3-2/h5-7,10,12H,3,8-9,11H2,1-2,4H3,(H,17,21);3H,2,4H2,1H3;3H,1H2,2H3/b;6-3+;. The molecule has 7 nitrogen and oxygen atoms in total. The molecule has 0 radical (unpaired) electrons. The van der Waals surface area contributed by atoms with Gasteiger partial charge in [-0.25, -0.2) is 0 Å². The number of carbonyl (C=O) groups excluding carboxylic acids is 2. The maximum absolute atomic E-state index is 11.6. The van der Waals surface area contributed by atoms with Gasteiger partial charge in [-0.05, 0) is 45.9 Å². The largest absolute Gasteiger partial charge is 0.454 e. The predicted octanol–water partition coefficient (Wildman–Crippen LogP) is 4.37. The highest BCUT2D eigenvalue weighted by atomic mass is 16.7. The lowest BCUT2D eigenvalue weighted by molar-refractivity contribution is -0.127. The SMILES string of the molecule is C=C1C=CC=CN1C(CCNC(=O)CN(C)C=O)=C(C)C.C=C1OCO/C1=C/C.C=CC. The molecular weight excluding hydrogens is 406 g/mol. The topological polar surface area (TPSA) is 71.1 Å². The number of nitrogens with zero attached hydrogens (tertiary/aromatic N) is 2. The van der Waals surface area contributed by atoms with Crippen LogP contribution in [0.2, 0.25) is 0 Å². The van der Waals surface area contributed by atoms with Crippen molar-refractivity contribution in [3.8, 4) is 0 Å². The van der Waals surface area contributed by atoms with E-state index in [1.54, 1.807) is 13.1 Å². The van der Waals surface area contributed by atoms with Crippen LogP contribution in [0, 0.1) is 0 Å². The second-order valence-electron chi connectivity index (χ2n) is 7.02. The van der Waals surface area contributed by atoms with E-state index < -0.39 is 0 Å². The molecule has 1 N–H and O–H groups in total. The van der Waals surface area contributed by atoms with Gasteiger partial charge in [-0.15, -0.1) is 6.58 Å². The van der Waals surface area contributed by atoms with E-state index in [2.05, 4.69) is 25.1 Å². The lowest BCUT2D eigenvalue weighted by Crippen LogP contribution is -2.35. The van der Waals surface area contributed by atoms with Gasteiger partial charge in [0.05, 0.1) is 6.54 Å². The van der Waals surface area contributed by atoms with Gasteiger partial charge in [-0.3, -0.25) is 9.59 Å². The average molecular weight is 444 g/mol. The average Bonchev–Trinajstić information content (AvgIpc) is 3.17. The number of likely N-dealkylation sites (N-methyl/N-ethyl adjacent to an activating group) is 1. The van der Waals surface area contributed by atoms with Crippen molar-refractivity contribution in [2.24, 2.45) is 0 Å².